The van der Waals surface area contributed by atoms with E-state index in [2.05, 4.69) is 34.5 Å². The second kappa shape index (κ2) is 5.80. The lowest BCUT2D eigenvalue weighted by atomic mass is 10.00. The van der Waals surface area contributed by atoms with Crippen molar-refractivity contribution in [2.75, 3.05) is 26.2 Å². The number of rotatable bonds is 4. The molecule has 0 saturated carbocycles. The van der Waals surface area contributed by atoms with Crippen molar-refractivity contribution in [1.29, 1.82) is 0 Å². The Hall–Kier alpha value is -1.39. The van der Waals surface area contributed by atoms with E-state index >= 15 is 0 Å². The molecule has 0 radical (unpaired) electrons. The number of carbonyl (C=O) groups is 1. The zero-order chi connectivity index (χ0) is 12.1. The van der Waals surface area contributed by atoms with Crippen LogP contribution in [-0.4, -0.2) is 37.0 Å². The third kappa shape index (κ3) is 3.28. The smallest absolute Gasteiger partial charge is 0.234 e. The van der Waals surface area contributed by atoms with E-state index in [0.717, 1.165) is 19.5 Å². The molecule has 1 aliphatic rings. The van der Waals surface area contributed by atoms with Crippen molar-refractivity contribution in [2.24, 2.45) is 5.73 Å². The molecule has 0 spiro atoms. The number of amides is 1. The molecular weight excluding hydrogens is 214 g/mol. The molecule has 0 fully saturated rings. The van der Waals surface area contributed by atoms with Gasteiger partial charge in [0.15, 0.2) is 0 Å². The van der Waals surface area contributed by atoms with Gasteiger partial charge in [0.1, 0.15) is 0 Å². The summed E-state index contributed by atoms with van der Waals surface area (Å²) < 4.78 is 0. The summed E-state index contributed by atoms with van der Waals surface area (Å²) in [7, 11) is 0. The molecule has 0 unspecified atom stereocenters. The van der Waals surface area contributed by atoms with E-state index in [1.165, 1.54) is 11.1 Å². The molecule has 1 aliphatic heterocycles. The lowest BCUT2D eigenvalue weighted by molar-refractivity contribution is -0.122. The number of nitrogens with one attached hydrogen (secondary N) is 1. The minimum absolute atomic E-state index is 0.0647. The summed E-state index contributed by atoms with van der Waals surface area (Å²) in [6, 6.07) is 8.43. The molecule has 4 nitrogen and oxygen atoms in total. The maximum absolute atomic E-state index is 11.6. The van der Waals surface area contributed by atoms with E-state index in [9.17, 15) is 4.79 Å². The number of hydrogen-bond donors (Lipinski definition) is 2. The Bertz CT molecular complexity index is 392. The zero-order valence-corrected chi connectivity index (χ0v) is 9.98. The van der Waals surface area contributed by atoms with Crippen molar-refractivity contribution in [2.45, 2.75) is 13.0 Å². The lowest BCUT2D eigenvalue weighted by Gasteiger charge is -2.28. The average Bonchev–Trinajstić information content (AvgIpc) is 2.36. The monoisotopic (exact) mass is 233 g/mol. The summed E-state index contributed by atoms with van der Waals surface area (Å²) in [6.45, 7) is 3.34. The minimum Gasteiger partial charge on any atom is -0.354 e. The normalized spacial score (nSPS) is 15.4. The molecule has 0 saturated heterocycles. The van der Waals surface area contributed by atoms with Gasteiger partial charge in [0, 0.05) is 26.2 Å². The van der Waals surface area contributed by atoms with E-state index in [1.807, 2.05) is 0 Å². The molecule has 0 atom stereocenters. The maximum atomic E-state index is 11.6. The van der Waals surface area contributed by atoms with Crippen LogP contribution in [0, 0.1) is 0 Å². The van der Waals surface area contributed by atoms with Crippen LogP contribution in [0.1, 0.15) is 11.1 Å². The van der Waals surface area contributed by atoms with Crippen LogP contribution in [0.2, 0.25) is 0 Å². The molecule has 17 heavy (non-hydrogen) atoms. The highest BCUT2D eigenvalue weighted by molar-refractivity contribution is 5.78. The Kier molecular flexibility index (Phi) is 4.12. The first-order valence-corrected chi connectivity index (χ1v) is 6.05. The predicted molar refractivity (Wildman–Crippen MR) is 67.5 cm³/mol. The minimum atomic E-state index is 0.0647. The van der Waals surface area contributed by atoms with E-state index in [0.29, 0.717) is 19.6 Å². The van der Waals surface area contributed by atoms with Crippen molar-refractivity contribution >= 4 is 5.91 Å². The summed E-state index contributed by atoms with van der Waals surface area (Å²) in [4.78, 5) is 13.7. The molecule has 4 heteroatoms. The lowest BCUT2D eigenvalue weighted by Crippen LogP contribution is -2.41. The van der Waals surface area contributed by atoms with Crippen LogP contribution in [0.4, 0.5) is 0 Å². The molecule has 1 heterocycles. The van der Waals surface area contributed by atoms with Gasteiger partial charge in [-0.2, -0.15) is 0 Å². The Balaban J connectivity index is 1.88. The Morgan fingerprint density at radius 1 is 1.35 bits per heavy atom. The fourth-order valence-corrected chi connectivity index (χ4v) is 2.16. The summed E-state index contributed by atoms with van der Waals surface area (Å²) >= 11 is 0. The quantitative estimate of drug-likeness (QED) is 0.776. The van der Waals surface area contributed by atoms with Crippen LogP contribution in [-0.2, 0) is 17.8 Å². The van der Waals surface area contributed by atoms with Crippen LogP contribution in [0.3, 0.4) is 0 Å². The number of benzene rings is 1. The molecule has 1 aromatic rings. The second-order valence-corrected chi connectivity index (χ2v) is 4.37. The first-order chi connectivity index (χ1) is 8.29. The molecule has 0 aromatic heterocycles. The third-order valence-electron chi connectivity index (χ3n) is 3.04. The molecule has 1 aromatic carbocycles. The molecular formula is C13H19N3O. The van der Waals surface area contributed by atoms with Crippen LogP contribution in [0.25, 0.3) is 0 Å². The van der Waals surface area contributed by atoms with Crippen molar-refractivity contribution in [3.05, 3.63) is 35.4 Å². The highest BCUT2D eigenvalue weighted by Crippen LogP contribution is 2.17. The van der Waals surface area contributed by atoms with Crippen molar-refractivity contribution < 1.29 is 4.79 Å². The Morgan fingerprint density at radius 3 is 2.88 bits per heavy atom. The maximum Gasteiger partial charge on any atom is 0.234 e. The van der Waals surface area contributed by atoms with Gasteiger partial charge in [-0.1, -0.05) is 24.3 Å². The van der Waals surface area contributed by atoms with Gasteiger partial charge in [0.2, 0.25) is 5.91 Å². The number of nitrogens with two attached hydrogens (primary N) is 1. The van der Waals surface area contributed by atoms with Gasteiger partial charge >= 0.3 is 0 Å². The fraction of sp³-hybridized carbons (Fsp3) is 0.462. The summed E-state index contributed by atoms with van der Waals surface area (Å²) in [5.74, 6) is 0.0647. The van der Waals surface area contributed by atoms with Gasteiger partial charge < -0.3 is 11.1 Å². The molecule has 0 bridgehead atoms. The SMILES string of the molecule is NCCNC(=O)CN1CCc2ccccc2C1. The zero-order valence-electron chi connectivity index (χ0n) is 9.98. The highest BCUT2D eigenvalue weighted by atomic mass is 16.2. The first kappa shape index (κ1) is 12.1. The van der Waals surface area contributed by atoms with Gasteiger partial charge in [-0.05, 0) is 17.5 Å². The van der Waals surface area contributed by atoms with Crippen LogP contribution >= 0.6 is 0 Å². The van der Waals surface area contributed by atoms with Gasteiger partial charge in [-0.3, -0.25) is 9.69 Å². The average molecular weight is 233 g/mol. The number of nitrogens with zero attached hydrogens (tertiary/aromatic N) is 1. The van der Waals surface area contributed by atoms with Crippen LogP contribution in [0.15, 0.2) is 24.3 Å². The topological polar surface area (TPSA) is 58.4 Å². The molecule has 3 N–H and O–H groups in total. The predicted octanol–water partition coefficient (Wildman–Crippen LogP) is 0.120. The van der Waals surface area contributed by atoms with Crippen LogP contribution < -0.4 is 11.1 Å². The van der Waals surface area contributed by atoms with E-state index in [1.54, 1.807) is 0 Å². The number of hydrogen-bond acceptors (Lipinski definition) is 3. The van der Waals surface area contributed by atoms with Crippen LogP contribution in [0.5, 0.6) is 0 Å². The van der Waals surface area contributed by atoms with Gasteiger partial charge in [0.25, 0.3) is 0 Å². The van der Waals surface area contributed by atoms with Crippen molar-refractivity contribution in [3.63, 3.8) is 0 Å². The first-order valence-electron chi connectivity index (χ1n) is 6.05. The van der Waals surface area contributed by atoms with Crippen molar-refractivity contribution in [1.82, 2.24) is 10.2 Å². The van der Waals surface area contributed by atoms with E-state index < -0.39 is 0 Å². The van der Waals surface area contributed by atoms with Gasteiger partial charge in [-0.25, -0.2) is 0 Å². The second-order valence-electron chi connectivity index (χ2n) is 4.37. The highest BCUT2D eigenvalue weighted by Gasteiger charge is 2.17. The molecule has 1 amide bonds. The largest absolute Gasteiger partial charge is 0.354 e. The van der Waals surface area contributed by atoms with Gasteiger partial charge in [-0.15, -0.1) is 0 Å². The summed E-state index contributed by atoms with van der Waals surface area (Å²) in [6.07, 6.45) is 1.03. The standard InChI is InChI=1S/C13H19N3O/c14-6-7-15-13(17)10-16-8-5-11-3-1-2-4-12(11)9-16/h1-4H,5-10,14H2,(H,15,17). The third-order valence-corrected chi connectivity index (χ3v) is 3.04. The number of carbonyl (C=O) groups excluding carboxylic acids is 1. The number of fused-ring (bicyclic) bond motifs is 1. The molecule has 92 valence electrons. The Labute approximate surface area is 102 Å². The van der Waals surface area contributed by atoms with Crippen molar-refractivity contribution in [3.8, 4) is 0 Å². The van der Waals surface area contributed by atoms with E-state index in [4.69, 9.17) is 5.73 Å². The summed E-state index contributed by atoms with van der Waals surface area (Å²) in [5.41, 5.74) is 8.09. The fourth-order valence-electron chi connectivity index (χ4n) is 2.16. The van der Waals surface area contributed by atoms with E-state index in [-0.39, 0.29) is 5.91 Å². The Morgan fingerprint density at radius 2 is 2.12 bits per heavy atom. The summed E-state index contributed by atoms with van der Waals surface area (Å²) in [5, 5.41) is 2.80. The molecule has 2 rings (SSSR count). The molecule has 0 aliphatic carbocycles. The van der Waals surface area contributed by atoms with Gasteiger partial charge in [0.05, 0.1) is 6.54 Å².